The standard InChI is InChI=1S/C22H21F4N3O2/c1-15-5-2-3-7-18(15)11-29-12-19(10-27-29)28-20(30)17-8-4-6-16(9-17)13-31-14-22(25,26)21(23)24/h2-10,12,21H,11,13-14H2,1H3,(H,28,30). The first-order valence-corrected chi connectivity index (χ1v) is 9.45. The molecule has 5 nitrogen and oxygen atoms in total. The molecule has 9 heteroatoms. The SMILES string of the molecule is Cc1ccccc1Cn1cc(NC(=O)c2cccc(COCC(F)(F)C(F)F)c2)cn1. The number of halogens is 4. The molecule has 0 saturated heterocycles. The molecule has 1 heterocycles. The van der Waals surface area contributed by atoms with Crippen molar-refractivity contribution in [2.45, 2.75) is 32.4 Å². The molecule has 0 unspecified atom stereocenters. The first-order chi connectivity index (χ1) is 14.7. The van der Waals surface area contributed by atoms with Gasteiger partial charge in [-0.3, -0.25) is 9.48 Å². The van der Waals surface area contributed by atoms with E-state index in [1.54, 1.807) is 29.1 Å². The van der Waals surface area contributed by atoms with E-state index in [0.717, 1.165) is 11.1 Å². The predicted molar refractivity (Wildman–Crippen MR) is 108 cm³/mol. The fourth-order valence-corrected chi connectivity index (χ4v) is 2.85. The number of aromatic nitrogens is 2. The highest BCUT2D eigenvalue weighted by molar-refractivity contribution is 6.04. The average Bonchev–Trinajstić information content (AvgIpc) is 3.16. The summed E-state index contributed by atoms with van der Waals surface area (Å²) >= 11 is 0. The highest BCUT2D eigenvalue weighted by Gasteiger charge is 2.40. The number of ether oxygens (including phenoxy) is 1. The van der Waals surface area contributed by atoms with E-state index in [2.05, 4.69) is 10.4 Å². The minimum absolute atomic E-state index is 0.272. The van der Waals surface area contributed by atoms with E-state index in [-0.39, 0.29) is 12.2 Å². The van der Waals surface area contributed by atoms with Crippen molar-refractivity contribution in [3.05, 3.63) is 83.2 Å². The largest absolute Gasteiger partial charge is 0.370 e. The molecular weight excluding hydrogens is 414 g/mol. The van der Waals surface area contributed by atoms with Gasteiger partial charge in [0.2, 0.25) is 0 Å². The zero-order chi connectivity index (χ0) is 22.4. The second-order valence-corrected chi connectivity index (χ2v) is 7.06. The smallest absolute Gasteiger partial charge is 0.330 e. The summed E-state index contributed by atoms with van der Waals surface area (Å²) < 4.78 is 56.6. The number of nitrogens with zero attached hydrogens (tertiary/aromatic N) is 2. The Hall–Kier alpha value is -3.20. The quantitative estimate of drug-likeness (QED) is 0.486. The Bertz CT molecular complexity index is 1040. The molecule has 3 aromatic rings. The van der Waals surface area contributed by atoms with Gasteiger partial charge in [0.1, 0.15) is 6.61 Å². The van der Waals surface area contributed by atoms with Gasteiger partial charge in [0, 0.05) is 11.8 Å². The van der Waals surface area contributed by atoms with Crippen LogP contribution in [0.5, 0.6) is 0 Å². The fraction of sp³-hybridized carbons (Fsp3) is 0.273. The Kier molecular flexibility index (Phi) is 7.06. The average molecular weight is 435 g/mol. The molecule has 1 N–H and O–H groups in total. The van der Waals surface area contributed by atoms with Gasteiger partial charge in [0.15, 0.2) is 0 Å². The van der Waals surface area contributed by atoms with E-state index in [1.807, 2.05) is 31.2 Å². The number of nitrogens with one attached hydrogen (secondary N) is 1. The minimum atomic E-state index is -4.21. The molecule has 1 aromatic heterocycles. The van der Waals surface area contributed by atoms with Crippen molar-refractivity contribution in [2.75, 3.05) is 11.9 Å². The van der Waals surface area contributed by atoms with E-state index in [1.165, 1.54) is 12.3 Å². The number of hydrogen-bond donors (Lipinski definition) is 1. The number of aryl methyl sites for hydroxylation is 1. The second-order valence-electron chi connectivity index (χ2n) is 7.06. The lowest BCUT2D eigenvalue weighted by atomic mass is 10.1. The number of carbonyl (C=O) groups excluding carboxylic acids is 1. The van der Waals surface area contributed by atoms with Gasteiger partial charge in [-0.1, -0.05) is 36.4 Å². The van der Waals surface area contributed by atoms with Crippen LogP contribution in [0.25, 0.3) is 0 Å². The zero-order valence-electron chi connectivity index (χ0n) is 16.7. The first kappa shape index (κ1) is 22.5. The number of carbonyl (C=O) groups is 1. The number of alkyl halides is 4. The third kappa shape index (κ3) is 6.14. The molecular formula is C22H21F4N3O2. The maximum atomic E-state index is 12.9. The fourth-order valence-electron chi connectivity index (χ4n) is 2.85. The third-order valence-corrected chi connectivity index (χ3v) is 4.56. The van der Waals surface area contributed by atoms with Crippen molar-refractivity contribution in [3.63, 3.8) is 0 Å². The number of anilines is 1. The summed E-state index contributed by atoms with van der Waals surface area (Å²) in [7, 11) is 0. The van der Waals surface area contributed by atoms with Crippen LogP contribution in [0.4, 0.5) is 23.2 Å². The zero-order valence-corrected chi connectivity index (χ0v) is 16.7. The lowest BCUT2D eigenvalue weighted by molar-refractivity contribution is -0.168. The molecule has 0 radical (unpaired) electrons. The third-order valence-electron chi connectivity index (χ3n) is 4.56. The molecule has 0 spiro atoms. The predicted octanol–water partition coefficient (Wildman–Crippen LogP) is 4.91. The van der Waals surface area contributed by atoms with Crippen LogP contribution in [0, 0.1) is 6.92 Å². The molecule has 0 aliphatic rings. The molecule has 0 aliphatic heterocycles. The summed E-state index contributed by atoms with van der Waals surface area (Å²) in [5.74, 6) is -4.64. The molecule has 0 atom stereocenters. The topological polar surface area (TPSA) is 56.2 Å². The summed E-state index contributed by atoms with van der Waals surface area (Å²) in [6.45, 7) is 0.838. The van der Waals surface area contributed by atoms with Gasteiger partial charge in [-0.2, -0.15) is 13.9 Å². The number of benzene rings is 2. The van der Waals surface area contributed by atoms with Gasteiger partial charge in [-0.15, -0.1) is 0 Å². The van der Waals surface area contributed by atoms with Crippen LogP contribution in [-0.2, 0) is 17.9 Å². The Morgan fingerprint density at radius 3 is 2.71 bits per heavy atom. The van der Waals surface area contributed by atoms with Crippen LogP contribution in [0.1, 0.15) is 27.0 Å². The lowest BCUT2D eigenvalue weighted by Gasteiger charge is -2.15. The molecule has 164 valence electrons. The summed E-state index contributed by atoms with van der Waals surface area (Å²) in [5.41, 5.74) is 3.42. The Morgan fingerprint density at radius 2 is 1.97 bits per heavy atom. The van der Waals surface area contributed by atoms with Gasteiger partial charge in [0.25, 0.3) is 5.91 Å². The normalized spacial score (nSPS) is 11.7. The molecule has 0 fully saturated rings. The maximum Gasteiger partial charge on any atom is 0.330 e. The van der Waals surface area contributed by atoms with Gasteiger partial charge >= 0.3 is 12.3 Å². The summed E-state index contributed by atoms with van der Waals surface area (Å²) in [6.07, 6.45) is -0.574. The molecule has 0 bridgehead atoms. The Labute approximate surface area is 176 Å². The van der Waals surface area contributed by atoms with E-state index in [9.17, 15) is 22.4 Å². The number of amides is 1. The van der Waals surface area contributed by atoms with E-state index in [0.29, 0.717) is 17.8 Å². The van der Waals surface area contributed by atoms with Gasteiger partial charge in [-0.05, 0) is 35.7 Å². The lowest BCUT2D eigenvalue weighted by Crippen LogP contribution is -2.32. The monoisotopic (exact) mass is 435 g/mol. The molecule has 3 rings (SSSR count). The number of rotatable bonds is 9. The molecule has 31 heavy (non-hydrogen) atoms. The highest BCUT2D eigenvalue weighted by atomic mass is 19.3. The summed E-state index contributed by atoms with van der Waals surface area (Å²) in [5, 5.41) is 6.96. The van der Waals surface area contributed by atoms with Gasteiger partial charge in [-0.25, -0.2) is 8.78 Å². The van der Waals surface area contributed by atoms with Crippen LogP contribution in [-0.4, -0.2) is 34.6 Å². The summed E-state index contributed by atoms with van der Waals surface area (Å²) in [6, 6.07) is 14.0. The Morgan fingerprint density at radius 1 is 1.19 bits per heavy atom. The van der Waals surface area contributed by atoms with Crippen molar-refractivity contribution in [3.8, 4) is 0 Å². The van der Waals surface area contributed by atoms with Crippen molar-refractivity contribution in [1.82, 2.24) is 9.78 Å². The van der Waals surface area contributed by atoms with E-state index in [4.69, 9.17) is 4.74 Å². The molecule has 2 aromatic carbocycles. The molecule has 1 amide bonds. The van der Waals surface area contributed by atoms with Crippen molar-refractivity contribution in [1.29, 1.82) is 0 Å². The highest BCUT2D eigenvalue weighted by Crippen LogP contribution is 2.23. The first-order valence-electron chi connectivity index (χ1n) is 9.45. The molecule has 0 saturated carbocycles. The van der Waals surface area contributed by atoms with E-state index >= 15 is 0 Å². The van der Waals surface area contributed by atoms with Crippen LogP contribution >= 0.6 is 0 Å². The van der Waals surface area contributed by atoms with Gasteiger partial charge < -0.3 is 10.1 Å². The van der Waals surface area contributed by atoms with Crippen LogP contribution in [0.2, 0.25) is 0 Å². The van der Waals surface area contributed by atoms with Crippen LogP contribution in [0.3, 0.4) is 0 Å². The summed E-state index contributed by atoms with van der Waals surface area (Å²) in [4.78, 5) is 12.5. The number of hydrogen-bond acceptors (Lipinski definition) is 3. The Balaban J connectivity index is 1.58. The van der Waals surface area contributed by atoms with Crippen LogP contribution in [0.15, 0.2) is 60.9 Å². The van der Waals surface area contributed by atoms with Crippen molar-refractivity contribution >= 4 is 11.6 Å². The second kappa shape index (κ2) is 9.74. The minimum Gasteiger partial charge on any atom is -0.370 e. The maximum absolute atomic E-state index is 12.9. The van der Waals surface area contributed by atoms with Crippen LogP contribution < -0.4 is 5.32 Å². The molecule has 0 aliphatic carbocycles. The van der Waals surface area contributed by atoms with Crippen molar-refractivity contribution in [2.24, 2.45) is 0 Å². The van der Waals surface area contributed by atoms with Crippen molar-refractivity contribution < 1.29 is 27.1 Å². The van der Waals surface area contributed by atoms with E-state index < -0.39 is 24.9 Å². The van der Waals surface area contributed by atoms with Gasteiger partial charge in [0.05, 0.1) is 25.0 Å².